The fraction of sp³-hybridized carbons (Fsp3) is 0.611. The molecule has 0 aliphatic carbocycles. The van der Waals surface area contributed by atoms with Crippen LogP contribution in [0.15, 0.2) is 18.2 Å². The molecule has 0 spiro atoms. The Kier molecular flexibility index (Phi) is 6.04. The first-order valence-corrected chi connectivity index (χ1v) is 8.83. The van der Waals surface area contributed by atoms with Gasteiger partial charge >= 0.3 is 0 Å². The zero-order chi connectivity index (χ0) is 16.8. The third kappa shape index (κ3) is 4.45. The largest absolute Gasteiger partial charge is 0.378 e. The van der Waals surface area contributed by atoms with E-state index in [9.17, 15) is 9.18 Å². The number of nitrogens with zero attached hydrogens (tertiary/aromatic N) is 2. The molecule has 132 valence electrons. The molecule has 0 unspecified atom stereocenters. The van der Waals surface area contributed by atoms with Gasteiger partial charge in [0, 0.05) is 45.7 Å². The molecular weight excluding hydrogens is 309 g/mol. The van der Waals surface area contributed by atoms with E-state index in [0.29, 0.717) is 38.4 Å². The third-order valence-corrected chi connectivity index (χ3v) is 4.67. The molecule has 2 saturated heterocycles. The Balaban J connectivity index is 1.43. The highest BCUT2D eigenvalue weighted by molar-refractivity contribution is 5.76. The smallest absolute Gasteiger partial charge is 0.223 e. The first-order valence-electron chi connectivity index (χ1n) is 8.83. The molecular formula is C18H26FN3O2. The van der Waals surface area contributed by atoms with Gasteiger partial charge in [0.25, 0.3) is 0 Å². The van der Waals surface area contributed by atoms with Crippen LogP contribution in [0.2, 0.25) is 0 Å². The topological polar surface area (TPSA) is 44.8 Å². The predicted molar refractivity (Wildman–Crippen MR) is 91.6 cm³/mol. The summed E-state index contributed by atoms with van der Waals surface area (Å²) in [5.41, 5.74) is 1.55. The van der Waals surface area contributed by atoms with Crippen molar-refractivity contribution >= 4 is 11.6 Å². The van der Waals surface area contributed by atoms with E-state index in [0.717, 1.165) is 44.6 Å². The summed E-state index contributed by atoms with van der Waals surface area (Å²) in [6, 6.07) is 5.37. The highest BCUT2D eigenvalue weighted by Gasteiger charge is 2.17. The molecule has 2 aliphatic rings. The number of anilines is 1. The van der Waals surface area contributed by atoms with Crippen molar-refractivity contribution in [3.8, 4) is 0 Å². The Bertz CT molecular complexity index is 555. The van der Waals surface area contributed by atoms with Crippen LogP contribution in [0.5, 0.6) is 0 Å². The van der Waals surface area contributed by atoms with Crippen LogP contribution in [0.4, 0.5) is 10.1 Å². The Morgan fingerprint density at radius 3 is 2.62 bits per heavy atom. The molecule has 1 amide bonds. The average molecular weight is 335 g/mol. The predicted octanol–water partition coefficient (Wildman–Crippen LogP) is 1.76. The molecule has 2 aliphatic heterocycles. The summed E-state index contributed by atoms with van der Waals surface area (Å²) in [5, 5.41) is 3.23. The van der Waals surface area contributed by atoms with Crippen molar-refractivity contribution in [3.05, 3.63) is 29.6 Å². The number of carbonyl (C=O) groups is 1. The summed E-state index contributed by atoms with van der Waals surface area (Å²) in [5.74, 6) is 0.0261. The molecule has 2 heterocycles. The van der Waals surface area contributed by atoms with Crippen molar-refractivity contribution in [1.29, 1.82) is 0 Å². The molecule has 2 fully saturated rings. The van der Waals surface area contributed by atoms with Crippen LogP contribution < -0.4 is 10.2 Å². The van der Waals surface area contributed by atoms with Crippen molar-refractivity contribution in [3.63, 3.8) is 0 Å². The van der Waals surface area contributed by atoms with Crippen LogP contribution in [0, 0.1) is 5.82 Å². The van der Waals surface area contributed by atoms with Crippen molar-refractivity contribution in [2.24, 2.45) is 0 Å². The summed E-state index contributed by atoms with van der Waals surface area (Å²) < 4.78 is 19.6. The molecule has 6 heteroatoms. The summed E-state index contributed by atoms with van der Waals surface area (Å²) >= 11 is 0. The molecule has 0 bridgehead atoms. The molecule has 1 aromatic carbocycles. The molecule has 0 saturated carbocycles. The number of benzene rings is 1. The number of amides is 1. The highest BCUT2D eigenvalue weighted by Crippen LogP contribution is 2.21. The number of carbonyl (C=O) groups excluding carboxylic acids is 1. The van der Waals surface area contributed by atoms with E-state index in [1.54, 1.807) is 6.07 Å². The molecule has 3 rings (SSSR count). The zero-order valence-electron chi connectivity index (χ0n) is 14.1. The standard InChI is InChI=1S/C18H26FN3O2/c19-16-13-15(3-4-17(16)21-9-11-24-12-10-21)14-20-6-5-18(23)22-7-1-2-8-22/h3-4,13,20H,1-2,5-12,14H2. The number of nitrogens with one attached hydrogen (secondary N) is 1. The van der Waals surface area contributed by atoms with Crippen LogP contribution in [0.3, 0.4) is 0 Å². The number of likely N-dealkylation sites (tertiary alicyclic amines) is 1. The molecule has 1 aromatic rings. The molecule has 1 N–H and O–H groups in total. The lowest BCUT2D eigenvalue weighted by Gasteiger charge is -2.29. The Morgan fingerprint density at radius 2 is 1.92 bits per heavy atom. The van der Waals surface area contributed by atoms with Crippen LogP contribution in [-0.2, 0) is 16.1 Å². The van der Waals surface area contributed by atoms with E-state index < -0.39 is 0 Å². The SMILES string of the molecule is O=C(CCNCc1ccc(N2CCOCC2)c(F)c1)N1CCCC1. The van der Waals surface area contributed by atoms with Crippen LogP contribution in [-0.4, -0.2) is 56.7 Å². The highest BCUT2D eigenvalue weighted by atomic mass is 19.1. The second-order valence-corrected chi connectivity index (χ2v) is 6.40. The zero-order valence-corrected chi connectivity index (χ0v) is 14.1. The van der Waals surface area contributed by atoms with Gasteiger partial charge in [-0.2, -0.15) is 0 Å². The quantitative estimate of drug-likeness (QED) is 0.805. The summed E-state index contributed by atoms with van der Waals surface area (Å²) in [6.07, 6.45) is 2.75. The molecule has 5 nitrogen and oxygen atoms in total. The van der Waals surface area contributed by atoms with E-state index in [1.807, 2.05) is 21.9 Å². The van der Waals surface area contributed by atoms with Crippen molar-refractivity contribution in [1.82, 2.24) is 10.2 Å². The summed E-state index contributed by atoms with van der Waals surface area (Å²) in [7, 11) is 0. The number of rotatable bonds is 6. The van der Waals surface area contributed by atoms with Gasteiger partial charge in [-0.15, -0.1) is 0 Å². The van der Waals surface area contributed by atoms with E-state index >= 15 is 0 Å². The third-order valence-electron chi connectivity index (χ3n) is 4.67. The molecule has 0 aromatic heterocycles. The minimum atomic E-state index is -0.190. The number of morpholine rings is 1. The van der Waals surface area contributed by atoms with Gasteiger partial charge in [0.1, 0.15) is 5.82 Å². The van der Waals surface area contributed by atoms with E-state index in [1.165, 1.54) is 0 Å². The maximum absolute atomic E-state index is 14.3. The van der Waals surface area contributed by atoms with Crippen molar-refractivity contribution in [2.75, 3.05) is 50.8 Å². The van der Waals surface area contributed by atoms with Gasteiger partial charge in [0.2, 0.25) is 5.91 Å². The van der Waals surface area contributed by atoms with Gasteiger partial charge in [0.05, 0.1) is 18.9 Å². The summed E-state index contributed by atoms with van der Waals surface area (Å²) in [6.45, 7) is 5.75. The Labute approximate surface area is 142 Å². The van der Waals surface area contributed by atoms with Gasteiger partial charge in [-0.1, -0.05) is 6.07 Å². The van der Waals surface area contributed by atoms with Gasteiger partial charge in [-0.25, -0.2) is 4.39 Å². The number of ether oxygens (including phenoxy) is 1. The van der Waals surface area contributed by atoms with E-state index in [-0.39, 0.29) is 11.7 Å². The second kappa shape index (κ2) is 8.44. The number of hydrogen-bond acceptors (Lipinski definition) is 4. The van der Waals surface area contributed by atoms with E-state index in [4.69, 9.17) is 4.74 Å². The van der Waals surface area contributed by atoms with Gasteiger partial charge in [-0.3, -0.25) is 4.79 Å². The number of hydrogen-bond donors (Lipinski definition) is 1. The second-order valence-electron chi connectivity index (χ2n) is 6.40. The minimum Gasteiger partial charge on any atom is -0.378 e. The van der Waals surface area contributed by atoms with Crippen LogP contribution in [0.1, 0.15) is 24.8 Å². The lowest BCUT2D eigenvalue weighted by Crippen LogP contribution is -2.36. The first-order chi connectivity index (χ1) is 11.7. The van der Waals surface area contributed by atoms with Crippen LogP contribution >= 0.6 is 0 Å². The lowest BCUT2D eigenvalue weighted by atomic mass is 10.1. The Morgan fingerprint density at radius 1 is 1.17 bits per heavy atom. The maximum atomic E-state index is 14.3. The van der Waals surface area contributed by atoms with Crippen molar-refractivity contribution in [2.45, 2.75) is 25.8 Å². The normalized spacial score (nSPS) is 18.2. The fourth-order valence-electron chi connectivity index (χ4n) is 3.27. The van der Waals surface area contributed by atoms with Gasteiger partial charge < -0.3 is 19.9 Å². The average Bonchev–Trinajstić information content (AvgIpc) is 3.14. The van der Waals surface area contributed by atoms with Gasteiger partial charge in [0.15, 0.2) is 0 Å². The fourth-order valence-corrected chi connectivity index (χ4v) is 3.27. The van der Waals surface area contributed by atoms with Crippen molar-refractivity contribution < 1.29 is 13.9 Å². The number of halogens is 1. The maximum Gasteiger partial charge on any atom is 0.223 e. The molecule has 0 atom stereocenters. The van der Waals surface area contributed by atoms with Gasteiger partial charge in [-0.05, 0) is 30.5 Å². The monoisotopic (exact) mass is 335 g/mol. The van der Waals surface area contributed by atoms with E-state index in [2.05, 4.69) is 5.32 Å². The van der Waals surface area contributed by atoms with Crippen LogP contribution in [0.25, 0.3) is 0 Å². The summed E-state index contributed by atoms with van der Waals surface area (Å²) in [4.78, 5) is 15.9. The lowest BCUT2D eigenvalue weighted by molar-refractivity contribution is -0.130. The minimum absolute atomic E-state index is 0.190. The molecule has 0 radical (unpaired) electrons. The Hall–Kier alpha value is -1.66. The molecule has 24 heavy (non-hydrogen) atoms. The first kappa shape index (κ1) is 17.2.